The van der Waals surface area contributed by atoms with Gasteiger partial charge in [0.05, 0.1) is 11.4 Å². The fraction of sp³-hybridized carbons (Fsp3) is 0.118. The van der Waals surface area contributed by atoms with E-state index < -0.39 is 26.4 Å². The van der Waals surface area contributed by atoms with Crippen molar-refractivity contribution >= 4 is 37.1 Å². The highest BCUT2D eigenvalue weighted by atomic mass is 79.9. The molecule has 0 radical (unpaired) electrons. The van der Waals surface area contributed by atoms with Crippen LogP contribution in [-0.2, 0) is 9.84 Å². The van der Waals surface area contributed by atoms with Crippen LogP contribution in [0.3, 0.4) is 0 Å². The van der Waals surface area contributed by atoms with Crippen molar-refractivity contribution in [2.24, 2.45) is 0 Å². The lowest BCUT2D eigenvalue weighted by atomic mass is 10.1. The van der Waals surface area contributed by atoms with E-state index in [2.05, 4.69) is 15.9 Å². The van der Waals surface area contributed by atoms with Crippen LogP contribution < -0.4 is 4.87 Å². The summed E-state index contributed by atoms with van der Waals surface area (Å²) in [6.45, 7) is 1.88. The molecule has 0 N–H and O–H groups in total. The molecule has 1 aromatic heterocycles. The summed E-state index contributed by atoms with van der Waals surface area (Å²) in [5.74, 6) is -2.00. The Hall–Kier alpha value is -1.84. The van der Waals surface area contributed by atoms with Gasteiger partial charge in [-0.3, -0.25) is 9.36 Å². The largest absolute Gasteiger partial charge is 0.312 e. The molecule has 136 valence electrons. The summed E-state index contributed by atoms with van der Waals surface area (Å²) >= 11 is 4.22. The van der Waals surface area contributed by atoms with Crippen molar-refractivity contribution < 1.29 is 17.2 Å². The van der Waals surface area contributed by atoms with Crippen LogP contribution in [0.2, 0.25) is 0 Å². The molecule has 0 aliphatic heterocycles. The van der Waals surface area contributed by atoms with E-state index in [1.54, 1.807) is 18.2 Å². The Bertz CT molecular complexity index is 1180. The van der Waals surface area contributed by atoms with Crippen molar-refractivity contribution in [1.82, 2.24) is 4.57 Å². The summed E-state index contributed by atoms with van der Waals surface area (Å²) in [7, 11) is -3.91. The highest BCUT2D eigenvalue weighted by Gasteiger charge is 2.21. The molecular formula is C17H12BrF2NO3S2. The predicted octanol–water partition coefficient (Wildman–Crippen LogP) is 4.32. The lowest BCUT2D eigenvalue weighted by molar-refractivity contribution is 0.557. The van der Waals surface area contributed by atoms with Crippen LogP contribution in [0, 0.1) is 18.6 Å². The molecule has 0 fully saturated rings. The number of sulfone groups is 1. The molecule has 4 nitrogen and oxygen atoms in total. The van der Waals surface area contributed by atoms with Gasteiger partial charge in [-0.2, -0.15) is 0 Å². The lowest BCUT2D eigenvalue weighted by Gasteiger charge is -2.11. The monoisotopic (exact) mass is 459 g/mol. The normalized spacial score (nSPS) is 11.7. The van der Waals surface area contributed by atoms with Crippen molar-refractivity contribution in [3.05, 3.63) is 67.1 Å². The highest BCUT2D eigenvalue weighted by Crippen LogP contribution is 2.30. The van der Waals surface area contributed by atoms with Gasteiger partial charge in [-0.05, 0) is 36.8 Å². The Kier molecular flexibility index (Phi) is 4.89. The van der Waals surface area contributed by atoms with Crippen molar-refractivity contribution in [3.63, 3.8) is 0 Å². The molecule has 0 aliphatic carbocycles. The third-order valence-electron chi connectivity index (χ3n) is 3.81. The van der Waals surface area contributed by atoms with Gasteiger partial charge in [-0.15, -0.1) is 0 Å². The minimum Gasteiger partial charge on any atom is -0.267 e. The van der Waals surface area contributed by atoms with Crippen LogP contribution in [0.1, 0.15) is 5.56 Å². The van der Waals surface area contributed by atoms with Gasteiger partial charge in [0.15, 0.2) is 9.84 Å². The molecule has 0 amide bonds. The third kappa shape index (κ3) is 3.38. The number of nitrogens with zero attached hydrogens (tertiary/aromatic N) is 1. The Balaban J connectivity index is 2.26. The molecule has 0 saturated heterocycles. The molecule has 0 unspecified atom stereocenters. The zero-order valence-electron chi connectivity index (χ0n) is 13.6. The number of hydrogen-bond donors (Lipinski definition) is 0. The molecular weight excluding hydrogens is 448 g/mol. The molecule has 0 atom stereocenters. The molecule has 0 saturated carbocycles. The minimum atomic E-state index is -3.91. The number of thiazole rings is 1. The van der Waals surface area contributed by atoms with Crippen LogP contribution in [0.25, 0.3) is 16.9 Å². The van der Waals surface area contributed by atoms with Gasteiger partial charge in [0.1, 0.15) is 16.5 Å². The van der Waals surface area contributed by atoms with E-state index in [9.17, 15) is 22.0 Å². The van der Waals surface area contributed by atoms with E-state index in [1.807, 2.05) is 6.92 Å². The second-order valence-corrected chi connectivity index (χ2v) is 9.35. The summed E-state index contributed by atoms with van der Waals surface area (Å²) in [5.41, 5.74) is 1.39. The molecule has 0 bridgehead atoms. The zero-order chi connectivity index (χ0) is 19.2. The predicted molar refractivity (Wildman–Crippen MR) is 101 cm³/mol. The number of aromatic nitrogens is 1. The highest BCUT2D eigenvalue weighted by molar-refractivity contribution is 9.10. The molecule has 1 heterocycles. The average molecular weight is 460 g/mol. The van der Waals surface area contributed by atoms with Crippen LogP contribution in [-0.4, -0.2) is 19.2 Å². The smallest absolute Gasteiger partial charge is 0.267 e. The molecule has 0 spiro atoms. The second kappa shape index (κ2) is 6.71. The summed E-state index contributed by atoms with van der Waals surface area (Å²) in [4.78, 5) is 11.2. The second-order valence-electron chi connectivity index (χ2n) is 5.69. The number of halogens is 3. The number of hydrogen-bond acceptors (Lipinski definition) is 4. The Morgan fingerprint density at radius 3 is 2.42 bits per heavy atom. The average Bonchev–Trinajstić information content (AvgIpc) is 2.92. The summed E-state index contributed by atoms with van der Waals surface area (Å²) in [5, 5.41) is 1.41. The van der Waals surface area contributed by atoms with Gasteiger partial charge >= 0.3 is 4.87 Å². The molecule has 0 aliphatic rings. The first-order valence-electron chi connectivity index (χ1n) is 7.26. The number of benzene rings is 2. The third-order valence-corrected chi connectivity index (χ3v) is 6.50. The van der Waals surface area contributed by atoms with E-state index in [1.165, 1.54) is 9.95 Å². The van der Waals surface area contributed by atoms with Gasteiger partial charge < -0.3 is 0 Å². The van der Waals surface area contributed by atoms with Gasteiger partial charge in [0.2, 0.25) is 0 Å². The fourth-order valence-corrected chi connectivity index (χ4v) is 4.32. The van der Waals surface area contributed by atoms with E-state index in [0.717, 1.165) is 33.7 Å². The SMILES string of the molecule is Cc1ccc(-n2c(-c3cc(F)c(S(C)(=O)=O)cc3F)csc2=O)cc1Br. The van der Waals surface area contributed by atoms with Gasteiger partial charge in [-0.25, -0.2) is 17.2 Å². The maximum atomic E-state index is 14.5. The quantitative estimate of drug-likeness (QED) is 0.585. The van der Waals surface area contributed by atoms with E-state index in [-0.39, 0.29) is 16.1 Å². The van der Waals surface area contributed by atoms with Crippen molar-refractivity contribution in [3.8, 4) is 16.9 Å². The Labute approximate surface area is 160 Å². The number of aryl methyl sites for hydroxylation is 1. The summed E-state index contributed by atoms with van der Waals surface area (Å²) in [6, 6.07) is 6.62. The maximum absolute atomic E-state index is 14.5. The van der Waals surface area contributed by atoms with Crippen molar-refractivity contribution in [2.75, 3.05) is 6.26 Å². The minimum absolute atomic E-state index is 0.146. The lowest BCUT2D eigenvalue weighted by Crippen LogP contribution is -2.13. The van der Waals surface area contributed by atoms with Gasteiger partial charge in [0, 0.05) is 21.7 Å². The fourth-order valence-electron chi connectivity index (χ4n) is 2.47. The van der Waals surface area contributed by atoms with Gasteiger partial charge in [-0.1, -0.05) is 33.3 Å². The Morgan fingerprint density at radius 1 is 1.12 bits per heavy atom. The van der Waals surface area contributed by atoms with Crippen LogP contribution in [0.5, 0.6) is 0 Å². The summed E-state index contributed by atoms with van der Waals surface area (Å²) < 4.78 is 53.9. The topological polar surface area (TPSA) is 56.1 Å². The van der Waals surface area contributed by atoms with E-state index >= 15 is 0 Å². The number of rotatable bonds is 3. The maximum Gasteiger partial charge on any atom is 0.312 e. The van der Waals surface area contributed by atoms with E-state index in [0.29, 0.717) is 11.8 Å². The standard InChI is InChI=1S/C17H12BrF2NO3S2/c1-9-3-4-10(5-12(9)18)21-15(8-25-17(21)22)11-6-14(20)16(7-13(11)19)26(2,23)24/h3-8H,1-2H3. The van der Waals surface area contributed by atoms with Crippen LogP contribution in [0.15, 0.2) is 49.9 Å². The zero-order valence-corrected chi connectivity index (χ0v) is 16.8. The first-order valence-corrected chi connectivity index (χ1v) is 10.8. The van der Waals surface area contributed by atoms with E-state index in [4.69, 9.17) is 0 Å². The van der Waals surface area contributed by atoms with Crippen molar-refractivity contribution in [2.45, 2.75) is 11.8 Å². The first kappa shape index (κ1) is 18.9. The first-order chi connectivity index (χ1) is 12.1. The molecule has 3 rings (SSSR count). The molecule has 3 aromatic rings. The molecule has 26 heavy (non-hydrogen) atoms. The summed E-state index contributed by atoms with van der Waals surface area (Å²) in [6.07, 6.45) is 0.800. The van der Waals surface area contributed by atoms with Gasteiger partial charge in [0.25, 0.3) is 0 Å². The Morgan fingerprint density at radius 2 is 1.81 bits per heavy atom. The van der Waals surface area contributed by atoms with Crippen LogP contribution in [0.4, 0.5) is 8.78 Å². The van der Waals surface area contributed by atoms with Crippen LogP contribution >= 0.6 is 27.3 Å². The molecule has 9 heteroatoms. The molecule has 2 aromatic carbocycles. The van der Waals surface area contributed by atoms with Crippen molar-refractivity contribution in [1.29, 1.82) is 0 Å².